The molecule has 116 valence electrons. The molecule has 0 saturated heterocycles. The Morgan fingerprint density at radius 2 is 2.32 bits per heavy atom. The first-order chi connectivity index (χ1) is 10.5. The molecule has 0 radical (unpaired) electrons. The fourth-order valence-corrected chi connectivity index (χ4v) is 3.99. The van der Waals surface area contributed by atoms with Crippen molar-refractivity contribution in [3.8, 4) is 5.75 Å². The number of carbonyl (C=O) groups excluding carboxylic acids is 1. The third kappa shape index (κ3) is 4.81. The number of phenols is 1. The van der Waals surface area contributed by atoms with Gasteiger partial charge in [-0.05, 0) is 57.3 Å². The fraction of sp³-hybridized carbons (Fsp3) is 0.167. The van der Waals surface area contributed by atoms with E-state index in [0.29, 0.717) is 10.7 Å². The Bertz CT molecular complexity index is 720. The average Bonchev–Trinajstić information content (AvgIpc) is 2.87. The summed E-state index contributed by atoms with van der Waals surface area (Å²) in [4.78, 5) is 11.7. The molecule has 2 rings (SSSR count). The highest BCUT2D eigenvalue weighted by atomic mass is 127. The maximum Gasteiger partial charge on any atom is 0.250 e. The van der Waals surface area contributed by atoms with Crippen LogP contribution in [0, 0.1) is 7.14 Å². The molecule has 0 aliphatic rings. The number of hydrogen-bond acceptors (Lipinski definition) is 6. The van der Waals surface area contributed by atoms with E-state index in [2.05, 4.69) is 43.3 Å². The van der Waals surface area contributed by atoms with Gasteiger partial charge in [-0.25, -0.2) is 5.43 Å². The van der Waals surface area contributed by atoms with Crippen molar-refractivity contribution in [1.29, 1.82) is 0 Å². The van der Waals surface area contributed by atoms with Crippen LogP contribution in [-0.4, -0.2) is 37.7 Å². The van der Waals surface area contributed by atoms with E-state index in [-0.39, 0.29) is 17.4 Å². The van der Waals surface area contributed by atoms with Gasteiger partial charge in [0.1, 0.15) is 12.1 Å². The van der Waals surface area contributed by atoms with Gasteiger partial charge in [-0.1, -0.05) is 11.8 Å². The Hall–Kier alpha value is -0.890. The van der Waals surface area contributed by atoms with E-state index < -0.39 is 0 Å². The van der Waals surface area contributed by atoms with E-state index in [1.807, 2.05) is 28.7 Å². The summed E-state index contributed by atoms with van der Waals surface area (Å²) in [6.45, 7) is 0. The van der Waals surface area contributed by atoms with Gasteiger partial charge in [0.15, 0.2) is 5.16 Å². The number of phenolic OH excluding ortho intramolecular Hbond substituents is 1. The number of hydrazone groups is 1. The molecule has 2 N–H and O–H groups in total. The highest BCUT2D eigenvalue weighted by molar-refractivity contribution is 14.1. The molecule has 1 aromatic heterocycles. The van der Waals surface area contributed by atoms with Crippen molar-refractivity contribution >= 4 is 69.1 Å². The highest BCUT2D eigenvalue weighted by Gasteiger charge is 2.07. The minimum absolute atomic E-state index is 0.146. The van der Waals surface area contributed by atoms with Crippen molar-refractivity contribution in [3.05, 3.63) is 31.2 Å². The van der Waals surface area contributed by atoms with Crippen LogP contribution in [-0.2, 0) is 11.8 Å². The van der Waals surface area contributed by atoms with Gasteiger partial charge in [-0.15, -0.1) is 10.2 Å². The second-order valence-corrected chi connectivity index (χ2v) is 7.48. The maximum atomic E-state index is 11.7. The summed E-state index contributed by atoms with van der Waals surface area (Å²) in [6, 6.07) is 3.63. The zero-order valence-corrected chi connectivity index (χ0v) is 16.5. The summed E-state index contributed by atoms with van der Waals surface area (Å²) < 4.78 is 3.44. The van der Waals surface area contributed by atoms with Gasteiger partial charge >= 0.3 is 0 Å². The van der Waals surface area contributed by atoms with E-state index in [0.717, 1.165) is 7.14 Å². The second-order valence-electron chi connectivity index (χ2n) is 4.13. The quantitative estimate of drug-likeness (QED) is 0.261. The number of aromatic hydroxyl groups is 1. The molecular weight excluding hydrogens is 532 g/mol. The number of thioether (sulfide) groups is 1. The smallest absolute Gasteiger partial charge is 0.250 e. The number of halogens is 2. The number of aryl methyl sites for hydroxylation is 1. The molecule has 0 aliphatic carbocycles. The van der Waals surface area contributed by atoms with Gasteiger partial charge in [0.25, 0.3) is 5.91 Å². The van der Waals surface area contributed by atoms with E-state index in [1.165, 1.54) is 18.0 Å². The normalized spacial score (nSPS) is 11.0. The molecule has 0 bridgehead atoms. The molecule has 0 unspecified atom stereocenters. The van der Waals surface area contributed by atoms with Crippen molar-refractivity contribution < 1.29 is 9.90 Å². The van der Waals surface area contributed by atoms with Crippen LogP contribution in [0.15, 0.2) is 28.7 Å². The van der Waals surface area contributed by atoms with Gasteiger partial charge in [-0.3, -0.25) is 4.79 Å². The van der Waals surface area contributed by atoms with Gasteiger partial charge in [0.2, 0.25) is 0 Å². The summed E-state index contributed by atoms with van der Waals surface area (Å²) in [5, 5.41) is 22.0. The van der Waals surface area contributed by atoms with Crippen molar-refractivity contribution in [1.82, 2.24) is 20.2 Å². The van der Waals surface area contributed by atoms with Crippen LogP contribution >= 0.6 is 56.9 Å². The van der Waals surface area contributed by atoms with Gasteiger partial charge < -0.3 is 9.67 Å². The van der Waals surface area contributed by atoms with Crippen molar-refractivity contribution in [3.63, 3.8) is 0 Å². The Morgan fingerprint density at radius 3 is 3.00 bits per heavy atom. The van der Waals surface area contributed by atoms with E-state index in [1.54, 1.807) is 24.0 Å². The number of aromatic nitrogens is 3. The number of carbonyl (C=O) groups is 1. The molecule has 0 saturated carbocycles. The van der Waals surface area contributed by atoms with Crippen LogP contribution < -0.4 is 5.43 Å². The number of benzene rings is 1. The molecule has 7 nitrogen and oxygen atoms in total. The maximum absolute atomic E-state index is 11.7. The monoisotopic (exact) mass is 543 g/mol. The molecule has 22 heavy (non-hydrogen) atoms. The van der Waals surface area contributed by atoms with E-state index >= 15 is 0 Å². The minimum atomic E-state index is -0.260. The average molecular weight is 543 g/mol. The molecule has 1 heterocycles. The van der Waals surface area contributed by atoms with Crippen LogP contribution in [0.25, 0.3) is 0 Å². The summed E-state index contributed by atoms with van der Waals surface area (Å²) in [6.07, 6.45) is 2.99. The zero-order chi connectivity index (χ0) is 16.1. The van der Waals surface area contributed by atoms with Crippen LogP contribution in [0.4, 0.5) is 0 Å². The van der Waals surface area contributed by atoms with Crippen molar-refractivity contribution in [2.75, 3.05) is 5.75 Å². The zero-order valence-electron chi connectivity index (χ0n) is 11.3. The number of rotatable bonds is 5. The molecule has 1 amide bonds. The number of nitrogens with zero attached hydrogens (tertiary/aromatic N) is 4. The summed E-state index contributed by atoms with van der Waals surface area (Å²) in [5.74, 6) is 0.0660. The van der Waals surface area contributed by atoms with Crippen LogP contribution in [0.1, 0.15) is 5.56 Å². The molecule has 0 spiro atoms. The van der Waals surface area contributed by atoms with Crippen molar-refractivity contribution in [2.45, 2.75) is 5.16 Å². The third-order valence-electron chi connectivity index (χ3n) is 2.45. The number of nitrogens with one attached hydrogen (secondary N) is 1. The predicted molar refractivity (Wildman–Crippen MR) is 101 cm³/mol. The first-order valence-corrected chi connectivity index (χ1v) is 9.08. The molecule has 2 aromatic rings. The Morgan fingerprint density at radius 1 is 1.55 bits per heavy atom. The van der Waals surface area contributed by atoms with Crippen LogP contribution in [0.3, 0.4) is 0 Å². The molecule has 0 aliphatic heterocycles. The Labute approximate surface area is 158 Å². The second kappa shape index (κ2) is 8.10. The Kier molecular flexibility index (Phi) is 6.43. The number of amides is 1. The van der Waals surface area contributed by atoms with Crippen LogP contribution in [0.5, 0.6) is 5.75 Å². The van der Waals surface area contributed by atoms with E-state index in [9.17, 15) is 9.90 Å². The molecule has 1 aromatic carbocycles. The third-order valence-corrected chi connectivity index (χ3v) is 4.93. The first kappa shape index (κ1) is 17.5. The lowest BCUT2D eigenvalue weighted by Gasteiger charge is -2.03. The molecular formula is C12H11I2N5O2S. The molecule has 0 fully saturated rings. The molecule has 10 heteroatoms. The van der Waals surface area contributed by atoms with Gasteiger partial charge in [-0.2, -0.15) is 5.10 Å². The lowest BCUT2D eigenvalue weighted by Crippen LogP contribution is -2.19. The standard InChI is InChI=1S/C12H11I2N5O2S/c1-19-6-16-18-12(19)22-5-10(20)17-15-4-7-2-8(13)3-9(14)11(7)21/h2-4,6,21H,5H2,1H3,(H,17,20). The Balaban J connectivity index is 1.90. The largest absolute Gasteiger partial charge is 0.506 e. The van der Waals surface area contributed by atoms with Crippen LogP contribution in [0.2, 0.25) is 0 Å². The molecule has 0 atom stereocenters. The fourth-order valence-electron chi connectivity index (χ4n) is 1.42. The van der Waals surface area contributed by atoms with Gasteiger partial charge in [0, 0.05) is 16.2 Å². The minimum Gasteiger partial charge on any atom is -0.506 e. The van der Waals surface area contributed by atoms with Crippen molar-refractivity contribution in [2.24, 2.45) is 12.1 Å². The lowest BCUT2D eigenvalue weighted by molar-refractivity contribution is -0.118. The number of hydrogen-bond donors (Lipinski definition) is 2. The highest BCUT2D eigenvalue weighted by Crippen LogP contribution is 2.25. The predicted octanol–water partition coefficient (Wildman–Crippen LogP) is 1.97. The van der Waals surface area contributed by atoms with Gasteiger partial charge in [0.05, 0.1) is 15.5 Å². The summed E-state index contributed by atoms with van der Waals surface area (Å²) in [5.41, 5.74) is 2.97. The van der Waals surface area contributed by atoms with E-state index in [4.69, 9.17) is 0 Å². The topological polar surface area (TPSA) is 92.4 Å². The summed E-state index contributed by atoms with van der Waals surface area (Å²) in [7, 11) is 1.81. The SMILES string of the molecule is Cn1cnnc1SCC(=O)NN=Cc1cc(I)cc(I)c1O. The lowest BCUT2D eigenvalue weighted by atomic mass is 10.2. The first-order valence-electron chi connectivity index (χ1n) is 5.94. The summed E-state index contributed by atoms with van der Waals surface area (Å²) >= 11 is 5.46.